The van der Waals surface area contributed by atoms with Gasteiger partial charge in [-0.3, -0.25) is 27.5 Å². The number of halogens is 2. The molecule has 2 aromatic heterocycles. The fourth-order valence-electron chi connectivity index (χ4n) is 13.0. The number of rotatable bonds is 26. The number of sulfone groups is 2. The van der Waals surface area contributed by atoms with Crippen molar-refractivity contribution in [1.82, 2.24) is 29.9 Å². The van der Waals surface area contributed by atoms with Crippen LogP contribution in [0.4, 0.5) is 80.7 Å². The summed E-state index contributed by atoms with van der Waals surface area (Å²) in [5.74, 6) is -6.08. The summed E-state index contributed by atoms with van der Waals surface area (Å²) < 4.78 is 273. The van der Waals surface area contributed by atoms with Crippen LogP contribution in [0.2, 0.25) is 10.6 Å². The average Bonchev–Trinajstić information content (AvgIpc) is 0.727. The minimum Gasteiger partial charge on any atom is -0.744 e. The van der Waals surface area contributed by atoms with E-state index in [1.54, 1.807) is 0 Å². The van der Waals surface area contributed by atoms with E-state index in [9.17, 15) is 114 Å². The number of carbonyl (C=O) groups is 4. The summed E-state index contributed by atoms with van der Waals surface area (Å²) in [4.78, 5) is 75.5. The second-order valence-corrected chi connectivity index (χ2v) is 38.0. The van der Waals surface area contributed by atoms with E-state index >= 15 is 0 Å². The van der Waals surface area contributed by atoms with Crippen LogP contribution in [0, 0.1) is 41.5 Å². The van der Waals surface area contributed by atoms with Gasteiger partial charge >= 0.3 is 243 Å². The first-order chi connectivity index (χ1) is 55.6. The Hall–Kier alpha value is -3.37. The standard InChI is InChI=1S/2C34H30ClN7O14S4.3K.3Na/c2*1-15-27(38-22-14-23(58(47,48)49)26(36)25-24(22)29(43)20-6-4-5-7-21(20)30(25)44)16(2)31(59(50,51)52)17(3)28(15)39-34-41-32(35)40-33(42-34)37-18-8-10-19(11-9-18)57(45,46)13-12-56-60(53,54)55;;;;;;/h2*4-11,14,38H,12-13,36H2,1-3H3,(H,47,48,49)(H,50,51,52)(H,53,54,55)(H2,37,39,40,41,42);;;;;;/q;;6*+1/p-6. The topological polar surface area (TPSA) is 700 Å². The maximum atomic E-state index is 13.9. The Morgan fingerprint density at radius 2 is 0.603 bits per heavy atom. The van der Waals surface area contributed by atoms with E-state index < -0.39 is 204 Å². The Kier molecular flexibility index (Phi) is 39.5. The Labute approximate surface area is 923 Å². The van der Waals surface area contributed by atoms with Crippen molar-refractivity contribution >= 4 is 208 Å². The van der Waals surface area contributed by atoms with Gasteiger partial charge in [0, 0.05) is 45.0 Å². The zero-order valence-corrected chi connectivity index (χ0v) is 90.9. The van der Waals surface area contributed by atoms with Gasteiger partial charge in [0.1, 0.15) is 40.5 Å². The summed E-state index contributed by atoms with van der Waals surface area (Å²) in [5.41, 5.74) is 6.62. The number of carbonyl (C=O) groups excluding carboxylic acids is 4. The van der Waals surface area contributed by atoms with Crippen LogP contribution in [-0.2, 0) is 89.3 Å². The molecule has 12 rings (SSSR count). The van der Waals surface area contributed by atoms with Crippen molar-refractivity contribution < 1.29 is 365 Å². The Balaban J connectivity index is 0.000000427. The van der Waals surface area contributed by atoms with Crippen molar-refractivity contribution in [3.05, 3.63) is 198 Å². The first-order valence-electron chi connectivity index (χ1n) is 33.3. The number of nitrogen functional groups attached to an aromatic ring is 2. The summed E-state index contributed by atoms with van der Waals surface area (Å²) in [6.07, 6.45) is 0. The molecule has 0 saturated heterocycles. The van der Waals surface area contributed by atoms with Gasteiger partial charge in [0.25, 0.3) is 0 Å². The number of nitrogens with two attached hydrogens (primary N) is 2. The molecule has 2 heterocycles. The molecule has 0 unspecified atom stereocenters. The predicted molar refractivity (Wildman–Crippen MR) is 419 cm³/mol. The van der Waals surface area contributed by atoms with Crippen molar-refractivity contribution in [2.45, 2.75) is 70.9 Å². The van der Waals surface area contributed by atoms with Crippen LogP contribution in [0.1, 0.15) is 97.1 Å². The van der Waals surface area contributed by atoms with Crippen molar-refractivity contribution in [2.24, 2.45) is 0 Å². The van der Waals surface area contributed by atoms with Gasteiger partial charge in [-0.2, -0.15) is 29.9 Å². The number of aromatic nitrogens is 6. The van der Waals surface area contributed by atoms with Crippen LogP contribution in [0.3, 0.4) is 0 Å². The molecule has 10 N–H and O–H groups in total. The number of ketones is 4. The van der Waals surface area contributed by atoms with Crippen molar-refractivity contribution in [3.63, 3.8) is 0 Å². The van der Waals surface area contributed by atoms with Gasteiger partial charge in [-0.1, -0.05) is 48.5 Å². The molecular weight excluding hydrogens is 1970 g/mol. The monoisotopic (exact) mass is 2030 g/mol. The third kappa shape index (κ3) is 25.8. The zero-order chi connectivity index (χ0) is 88.5. The largest absolute Gasteiger partial charge is 1.00 e. The first-order valence-corrected chi connectivity index (χ1v) is 45.6. The Bertz CT molecular complexity index is 6720. The third-order valence-corrected chi connectivity index (χ3v) is 26.7. The van der Waals surface area contributed by atoms with E-state index in [4.69, 9.17) is 34.7 Å². The molecule has 0 saturated carbocycles. The van der Waals surface area contributed by atoms with E-state index in [0.717, 1.165) is 36.4 Å². The minimum absolute atomic E-state index is 0. The molecule has 42 nitrogen and oxygen atoms in total. The summed E-state index contributed by atoms with van der Waals surface area (Å²) in [6.45, 7) is 6.13. The van der Waals surface area contributed by atoms with E-state index in [0.29, 0.717) is 0 Å². The van der Waals surface area contributed by atoms with E-state index in [-0.39, 0.29) is 366 Å². The van der Waals surface area contributed by atoms with E-state index in [1.807, 2.05) is 0 Å². The van der Waals surface area contributed by atoms with Gasteiger partial charge in [-0.05, 0) is 159 Å². The number of hydrogen-bond acceptors (Lipinski definition) is 42. The molecule has 0 aliphatic heterocycles. The van der Waals surface area contributed by atoms with Crippen LogP contribution < -0.4 is 286 Å². The van der Waals surface area contributed by atoms with Gasteiger partial charge in [0.15, 0.2) is 42.8 Å². The van der Waals surface area contributed by atoms with E-state index in [1.165, 1.54) is 114 Å². The molecule has 0 fully saturated rings. The number of nitrogens with one attached hydrogen (secondary N) is 6. The number of hydrogen-bond donors (Lipinski definition) is 8. The number of anilines is 14. The van der Waals surface area contributed by atoms with Crippen LogP contribution >= 0.6 is 23.2 Å². The third-order valence-electron chi connectivity index (χ3n) is 18.1. The van der Waals surface area contributed by atoms with Crippen LogP contribution in [0.5, 0.6) is 0 Å². The second-order valence-electron chi connectivity index (χ2n) is 25.7. The van der Waals surface area contributed by atoms with Crippen molar-refractivity contribution in [1.29, 1.82) is 0 Å². The van der Waals surface area contributed by atoms with Crippen LogP contribution in [0.15, 0.2) is 139 Å². The van der Waals surface area contributed by atoms with Crippen LogP contribution in [0.25, 0.3) is 0 Å². The Morgan fingerprint density at radius 1 is 0.349 bits per heavy atom. The molecule has 0 bridgehead atoms. The molecule has 0 radical (unpaired) electrons. The molecule has 632 valence electrons. The molecular formula is C68H54Cl2K3N14Na3O28S8. The van der Waals surface area contributed by atoms with Gasteiger partial charge in [0.05, 0.1) is 110 Å². The summed E-state index contributed by atoms with van der Waals surface area (Å²) >= 11 is 12.4. The first kappa shape index (κ1) is 113. The average molecular weight is 2030 g/mol. The van der Waals surface area contributed by atoms with Crippen LogP contribution in [-0.4, -0.2) is 172 Å². The summed E-state index contributed by atoms with van der Waals surface area (Å²) in [5, 5.41) is 15.9. The van der Waals surface area contributed by atoms with Gasteiger partial charge < -0.3 is 70.7 Å². The maximum absolute atomic E-state index is 13.9. The molecule has 0 spiro atoms. The zero-order valence-electron chi connectivity index (χ0n) is 67.5. The SMILES string of the molecule is Cc1c(Nc2nc(Cl)nc(Nc3ccc(S(=O)(=O)CCOS(=O)(=O)[O-])cc3)n2)c(C)c(S(=O)(=O)[O-])c(C)c1Nc1cc(S(=O)(=O)[O-])c(N)c2c1C(=O)c1ccccc1C2=O.Cc1c(Nc2nc(Cl)nc(Nc3ccc(S(=O)(=O)CCOS(=O)(=O)[O-])cc3)n2)c(C)c(S(=O)(=O)[O-])c(C)c1Nc1cc(S(=O)(=O)[O-])c(N)c2c1C(=O)c1ccccc1C2=O.[K+].[K+].[K+].[Na+].[Na+].[Na+]. The quantitative estimate of drug-likeness (QED) is 0.0108. The maximum Gasteiger partial charge on any atom is 1.00 e. The van der Waals surface area contributed by atoms with Crippen molar-refractivity contribution in [2.75, 3.05) is 68.1 Å². The number of benzene rings is 8. The molecule has 126 heavy (non-hydrogen) atoms. The second kappa shape index (κ2) is 44.0. The van der Waals surface area contributed by atoms with Gasteiger partial charge in [0.2, 0.25) is 55.2 Å². The van der Waals surface area contributed by atoms with Crippen molar-refractivity contribution in [3.8, 4) is 0 Å². The molecule has 2 aliphatic rings. The van der Waals surface area contributed by atoms with Gasteiger partial charge in [-0.25, -0.2) is 67.3 Å². The summed E-state index contributed by atoms with van der Waals surface area (Å²) in [6, 6.07) is 22.4. The molecule has 58 heteroatoms. The molecule has 2 aliphatic carbocycles. The normalized spacial score (nSPS) is 12.5. The van der Waals surface area contributed by atoms with Gasteiger partial charge in [-0.15, -0.1) is 0 Å². The molecule has 8 aromatic carbocycles. The predicted octanol–water partition coefficient (Wildman–Crippen LogP) is -11.8. The molecule has 0 amide bonds. The number of fused-ring (bicyclic) bond motifs is 4. The summed E-state index contributed by atoms with van der Waals surface area (Å²) in [7, 11) is -39.8. The molecule has 10 aromatic rings. The number of nitrogens with zero attached hydrogens (tertiary/aromatic N) is 6. The smallest absolute Gasteiger partial charge is 0.744 e. The fourth-order valence-corrected chi connectivity index (χ4v) is 19.4. The minimum atomic E-state index is -5.39. The van der Waals surface area contributed by atoms with E-state index in [2.05, 4.69) is 70.2 Å². The molecule has 0 atom stereocenters. The Morgan fingerprint density at radius 3 is 0.857 bits per heavy atom. The fraction of sp³-hybridized carbons (Fsp3) is 0.147.